The Hall–Kier alpha value is -0.120. The van der Waals surface area contributed by atoms with Crippen LogP contribution in [0.3, 0.4) is 0 Å². The summed E-state index contributed by atoms with van der Waals surface area (Å²) in [5, 5.41) is 9.83. The molecule has 0 aromatic heterocycles. The Labute approximate surface area is 98.1 Å². The second-order valence-electron chi connectivity index (χ2n) is 5.12. The van der Waals surface area contributed by atoms with Gasteiger partial charge in [-0.05, 0) is 32.1 Å². The van der Waals surface area contributed by atoms with E-state index in [1.54, 1.807) is 0 Å². The molecule has 3 heteroatoms. The molecule has 0 saturated carbocycles. The monoisotopic (exact) mass is 228 g/mol. The highest BCUT2D eigenvalue weighted by Crippen LogP contribution is 2.40. The van der Waals surface area contributed by atoms with Gasteiger partial charge in [-0.15, -0.1) is 0 Å². The average Bonchev–Trinajstić information content (AvgIpc) is 2.33. The summed E-state index contributed by atoms with van der Waals surface area (Å²) >= 11 is 0. The van der Waals surface area contributed by atoms with Crippen LogP contribution < -0.4 is 0 Å². The fourth-order valence-corrected chi connectivity index (χ4v) is 2.90. The van der Waals surface area contributed by atoms with Crippen LogP contribution in [0.5, 0.6) is 0 Å². The van der Waals surface area contributed by atoms with Gasteiger partial charge in [0.05, 0.1) is 18.3 Å². The lowest BCUT2D eigenvalue weighted by Crippen LogP contribution is -2.52. The summed E-state index contributed by atoms with van der Waals surface area (Å²) < 4.78 is 12.1. The third-order valence-electron chi connectivity index (χ3n) is 3.94. The molecule has 3 nitrogen and oxygen atoms in total. The molecule has 0 aliphatic carbocycles. The third-order valence-corrected chi connectivity index (χ3v) is 3.94. The van der Waals surface area contributed by atoms with Gasteiger partial charge in [0.1, 0.15) is 0 Å². The summed E-state index contributed by atoms with van der Waals surface area (Å²) in [6, 6.07) is 0. The predicted molar refractivity (Wildman–Crippen MR) is 62.2 cm³/mol. The van der Waals surface area contributed by atoms with Crippen LogP contribution in [-0.2, 0) is 9.47 Å². The first-order chi connectivity index (χ1) is 7.69. The lowest BCUT2D eigenvalue weighted by Gasteiger charge is -2.47. The van der Waals surface area contributed by atoms with Crippen molar-refractivity contribution < 1.29 is 14.6 Å². The van der Waals surface area contributed by atoms with Crippen molar-refractivity contribution in [2.45, 2.75) is 82.9 Å². The molecule has 2 saturated heterocycles. The third kappa shape index (κ3) is 2.41. The topological polar surface area (TPSA) is 38.7 Å². The van der Waals surface area contributed by atoms with Gasteiger partial charge in [-0.2, -0.15) is 0 Å². The Bertz CT molecular complexity index is 231. The molecule has 1 N–H and O–H groups in total. The van der Waals surface area contributed by atoms with E-state index in [1.807, 2.05) is 0 Å². The van der Waals surface area contributed by atoms with Crippen molar-refractivity contribution in [3.05, 3.63) is 0 Å². The molecule has 2 heterocycles. The van der Waals surface area contributed by atoms with Crippen LogP contribution in [0.1, 0.15) is 58.8 Å². The van der Waals surface area contributed by atoms with Gasteiger partial charge in [-0.1, -0.05) is 13.8 Å². The highest BCUT2D eigenvalue weighted by Gasteiger charge is 2.44. The van der Waals surface area contributed by atoms with E-state index in [-0.39, 0.29) is 18.0 Å². The van der Waals surface area contributed by atoms with Crippen molar-refractivity contribution in [1.82, 2.24) is 0 Å². The van der Waals surface area contributed by atoms with Gasteiger partial charge in [-0.3, -0.25) is 0 Å². The Morgan fingerprint density at radius 3 is 2.62 bits per heavy atom. The highest BCUT2D eigenvalue weighted by molar-refractivity contribution is 4.86. The molecule has 2 aliphatic heterocycles. The molecular formula is C13H24O3. The first-order valence-electron chi connectivity index (χ1n) is 6.73. The maximum Gasteiger partial charge on any atom is 0.169 e. The SMILES string of the molecule is CC[C@@H]1CCC[C@]2(CC[C@H](O)[C@@H](CC)O2)O1. The number of hydrogen-bond donors (Lipinski definition) is 1. The van der Waals surface area contributed by atoms with Crippen LogP contribution in [0.2, 0.25) is 0 Å². The quantitative estimate of drug-likeness (QED) is 0.789. The highest BCUT2D eigenvalue weighted by atomic mass is 16.7. The van der Waals surface area contributed by atoms with Gasteiger partial charge in [-0.25, -0.2) is 0 Å². The zero-order chi connectivity index (χ0) is 11.6. The summed E-state index contributed by atoms with van der Waals surface area (Å²) in [4.78, 5) is 0. The van der Waals surface area contributed by atoms with Gasteiger partial charge in [0.15, 0.2) is 5.79 Å². The van der Waals surface area contributed by atoms with E-state index in [9.17, 15) is 5.11 Å². The lowest BCUT2D eigenvalue weighted by atomic mass is 9.90. The number of aliphatic hydroxyl groups excluding tert-OH is 1. The average molecular weight is 228 g/mol. The zero-order valence-corrected chi connectivity index (χ0v) is 10.4. The number of ether oxygens (including phenoxy) is 2. The summed E-state index contributed by atoms with van der Waals surface area (Å²) in [5.41, 5.74) is 0. The molecular weight excluding hydrogens is 204 g/mol. The van der Waals surface area contributed by atoms with E-state index in [0.717, 1.165) is 38.5 Å². The number of hydrogen-bond acceptors (Lipinski definition) is 3. The minimum absolute atomic E-state index is 0.0376. The van der Waals surface area contributed by atoms with Crippen molar-refractivity contribution in [2.24, 2.45) is 0 Å². The van der Waals surface area contributed by atoms with E-state index in [1.165, 1.54) is 6.42 Å². The minimum Gasteiger partial charge on any atom is -0.390 e. The molecule has 94 valence electrons. The summed E-state index contributed by atoms with van der Waals surface area (Å²) in [5.74, 6) is -0.376. The molecule has 2 fully saturated rings. The van der Waals surface area contributed by atoms with Crippen LogP contribution in [-0.4, -0.2) is 29.2 Å². The molecule has 4 atom stereocenters. The van der Waals surface area contributed by atoms with Crippen molar-refractivity contribution >= 4 is 0 Å². The first kappa shape index (κ1) is 12.3. The molecule has 0 bridgehead atoms. The molecule has 2 aliphatic rings. The molecule has 0 unspecified atom stereocenters. The fraction of sp³-hybridized carbons (Fsp3) is 1.00. The van der Waals surface area contributed by atoms with E-state index in [4.69, 9.17) is 9.47 Å². The van der Waals surface area contributed by atoms with E-state index in [0.29, 0.717) is 6.10 Å². The summed E-state index contributed by atoms with van der Waals surface area (Å²) in [7, 11) is 0. The van der Waals surface area contributed by atoms with Crippen molar-refractivity contribution in [3.8, 4) is 0 Å². The van der Waals surface area contributed by atoms with Gasteiger partial charge in [0.2, 0.25) is 0 Å². The van der Waals surface area contributed by atoms with Gasteiger partial charge < -0.3 is 14.6 Å². The van der Waals surface area contributed by atoms with E-state index >= 15 is 0 Å². The largest absolute Gasteiger partial charge is 0.390 e. The second kappa shape index (κ2) is 5.03. The Morgan fingerprint density at radius 1 is 1.12 bits per heavy atom. The maximum atomic E-state index is 9.83. The lowest BCUT2D eigenvalue weighted by molar-refractivity contribution is -0.329. The molecule has 0 radical (unpaired) electrons. The minimum atomic E-state index is -0.376. The molecule has 0 amide bonds. The zero-order valence-electron chi connectivity index (χ0n) is 10.4. The number of aliphatic hydroxyl groups is 1. The summed E-state index contributed by atoms with van der Waals surface area (Å²) in [6.07, 6.45) is 6.93. The van der Waals surface area contributed by atoms with Crippen molar-refractivity contribution in [1.29, 1.82) is 0 Å². The Morgan fingerprint density at radius 2 is 1.94 bits per heavy atom. The van der Waals surface area contributed by atoms with Crippen molar-refractivity contribution in [2.75, 3.05) is 0 Å². The fourth-order valence-electron chi connectivity index (χ4n) is 2.90. The second-order valence-corrected chi connectivity index (χ2v) is 5.12. The first-order valence-corrected chi connectivity index (χ1v) is 6.73. The molecule has 0 aromatic carbocycles. The Kier molecular flexibility index (Phi) is 3.88. The predicted octanol–water partition coefficient (Wildman–Crippen LogP) is 2.61. The van der Waals surface area contributed by atoms with Gasteiger partial charge in [0, 0.05) is 12.8 Å². The standard InChI is InChI=1S/C13H24O3/c1-3-10-6-5-8-13(15-10)9-7-11(14)12(4-2)16-13/h10-12,14H,3-9H2,1-2H3/t10-,11+,12-,13+/m1/s1. The molecule has 0 aromatic rings. The smallest absolute Gasteiger partial charge is 0.169 e. The number of rotatable bonds is 2. The van der Waals surface area contributed by atoms with Crippen LogP contribution in [0, 0.1) is 0 Å². The van der Waals surface area contributed by atoms with E-state index < -0.39 is 0 Å². The van der Waals surface area contributed by atoms with Gasteiger partial charge >= 0.3 is 0 Å². The molecule has 2 rings (SSSR count). The van der Waals surface area contributed by atoms with Crippen molar-refractivity contribution in [3.63, 3.8) is 0 Å². The molecule has 1 spiro atoms. The van der Waals surface area contributed by atoms with Crippen LogP contribution in [0.15, 0.2) is 0 Å². The van der Waals surface area contributed by atoms with Crippen LogP contribution in [0.4, 0.5) is 0 Å². The maximum absolute atomic E-state index is 9.83. The van der Waals surface area contributed by atoms with Crippen LogP contribution in [0.25, 0.3) is 0 Å². The van der Waals surface area contributed by atoms with E-state index in [2.05, 4.69) is 13.8 Å². The van der Waals surface area contributed by atoms with Crippen LogP contribution >= 0.6 is 0 Å². The molecule has 16 heavy (non-hydrogen) atoms. The van der Waals surface area contributed by atoms with Gasteiger partial charge in [0.25, 0.3) is 0 Å². The summed E-state index contributed by atoms with van der Waals surface area (Å²) in [6.45, 7) is 4.23. The normalized spacial score (nSPS) is 44.8. The Balaban J connectivity index is 2.01.